The topological polar surface area (TPSA) is 86.1 Å². The minimum absolute atomic E-state index is 0.0890. The first-order valence-electron chi connectivity index (χ1n) is 6.72. The van der Waals surface area contributed by atoms with Crippen molar-refractivity contribution in [3.05, 3.63) is 81.2 Å². The van der Waals surface area contributed by atoms with Crippen molar-refractivity contribution in [1.29, 1.82) is 0 Å². The third-order valence-corrected chi connectivity index (χ3v) is 3.43. The van der Waals surface area contributed by atoms with Gasteiger partial charge in [-0.05, 0) is 35.7 Å². The van der Waals surface area contributed by atoms with Gasteiger partial charge in [0.2, 0.25) is 0 Å². The highest BCUT2D eigenvalue weighted by atomic mass is 19.1. The molecule has 0 aliphatic rings. The van der Waals surface area contributed by atoms with Gasteiger partial charge >= 0.3 is 5.97 Å². The first-order valence-corrected chi connectivity index (χ1v) is 6.72. The molecule has 118 valence electrons. The zero-order valence-electron chi connectivity index (χ0n) is 12.1. The maximum atomic E-state index is 13.5. The number of aliphatic carboxylic acids is 1. The lowest BCUT2D eigenvalue weighted by Gasteiger charge is -2.22. The summed E-state index contributed by atoms with van der Waals surface area (Å²) in [6, 6.07) is 8.02. The van der Waals surface area contributed by atoms with Crippen molar-refractivity contribution >= 4 is 5.97 Å². The van der Waals surface area contributed by atoms with Crippen LogP contribution in [0.5, 0.6) is 0 Å². The lowest BCUT2D eigenvalue weighted by atomic mass is 9.85. The Hall–Kier alpha value is -2.92. The number of rotatable bonds is 5. The standard InChI is InChI=1S/C16H13F2N3O2/c1-9-2-4-10(5-3-9)14(15(16(22)23)20-21-19)11-6-12(17)8-13(18)7-11/h2-8,14-15H,1H3,(H,22,23)/t14-,15-/m0/s1. The fourth-order valence-corrected chi connectivity index (χ4v) is 2.40. The summed E-state index contributed by atoms with van der Waals surface area (Å²) in [5, 5.41) is 12.6. The Balaban J connectivity index is 2.65. The third kappa shape index (κ3) is 3.84. The molecule has 0 radical (unpaired) electrons. The Morgan fingerprint density at radius 1 is 1.13 bits per heavy atom. The fourth-order valence-electron chi connectivity index (χ4n) is 2.40. The van der Waals surface area contributed by atoms with E-state index in [9.17, 15) is 18.7 Å². The highest BCUT2D eigenvalue weighted by Gasteiger charge is 2.30. The van der Waals surface area contributed by atoms with E-state index in [1.54, 1.807) is 24.3 Å². The van der Waals surface area contributed by atoms with Gasteiger partial charge in [-0.2, -0.15) is 0 Å². The van der Waals surface area contributed by atoms with Crippen LogP contribution in [0.3, 0.4) is 0 Å². The Bertz CT molecular complexity index is 749. The lowest BCUT2D eigenvalue weighted by Crippen LogP contribution is -2.27. The van der Waals surface area contributed by atoms with Gasteiger partial charge in [-0.25, -0.2) is 8.78 Å². The molecule has 0 amide bonds. The van der Waals surface area contributed by atoms with Crippen LogP contribution in [0.2, 0.25) is 0 Å². The molecule has 2 atom stereocenters. The van der Waals surface area contributed by atoms with E-state index in [-0.39, 0.29) is 5.56 Å². The summed E-state index contributed by atoms with van der Waals surface area (Å²) in [6.45, 7) is 1.85. The van der Waals surface area contributed by atoms with Gasteiger partial charge in [-0.15, -0.1) is 0 Å². The second-order valence-electron chi connectivity index (χ2n) is 5.08. The summed E-state index contributed by atoms with van der Waals surface area (Å²) in [5.74, 6) is -4.04. The molecule has 2 aromatic carbocycles. The second kappa shape index (κ2) is 6.89. The average molecular weight is 317 g/mol. The van der Waals surface area contributed by atoms with Crippen LogP contribution in [0.1, 0.15) is 22.6 Å². The molecule has 0 aliphatic heterocycles. The molecule has 23 heavy (non-hydrogen) atoms. The van der Waals surface area contributed by atoms with Crippen LogP contribution >= 0.6 is 0 Å². The summed E-state index contributed by atoms with van der Waals surface area (Å²) in [7, 11) is 0. The van der Waals surface area contributed by atoms with Gasteiger partial charge in [0.25, 0.3) is 0 Å². The lowest BCUT2D eigenvalue weighted by molar-refractivity contribution is -0.138. The van der Waals surface area contributed by atoms with Crippen LogP contribution in [0.25, 0.3) is 10.4 Å². The third-order valence-electron chi connectivity index (χ3n) is 3.43. The monoisotopic (exact) mass is 317 g/mol. The summed E-state index contributed by atoms with van der Waals surface area (Å²) in [6.07, 6.45) is 0. The van der Waals surface area contributed by atoms with Crippen molar-refractivity contribution in [2.24, 2.45) is 5.11 Å². The molecule has 0 unspecified atom stereocenters. The van der Waals surface area contributed by atoms with Crippen LogP contribution in [0, 0.1) is 18.6 Å². The van der Waals surface area contributed by atoms with Gasteiger partial charge in [0.05, 0.1) is 0 Å². The highest BCUT2D eigenvalue weighted by Crippen LogP contribution is 2.31. The minimum Gasteiger partial charge on any atom is -0.481 e. The number of azide groups is 1. The van der Waals surface area contributed by atoms with Crippen LogP contribution < -0.4 is 0 Å². The number of aryl methyl sites for hydroxylation is 1. The number of carboxylic acid groups (broad SMARTS) is 1. The van der Waals surface area contributed by atoms with E-state index in [0.717, 1.165) is 17.7 Å². The fraction of sp³-hybridized carbons (Fsp3) is 0.188. The number of carboxylic acids is 1. The Morgan fingerprint density at radius 2 is 1.70 bits per heavy atom. The van der Waals surface area contributed by atoms with E-state index < -0.39 is 29.6 Å². The molecule has 1 N–H and O–H groups in total. The molecular weight excluding hydrogens is 304 g/mol. The van der Waals surface area contributed by atoms with Gasteiger partial charge in [-0.1, -0.05) is 34.9 Å². The number of nitrogens with zero attached hydrogens (tertiary/aromatic N) is 3. The average Bonchev–Trinajstić information content (AvgIpc) is 2.47. The molecule has 5 nitrogen and oxygen atoms in total. The quantitative estimate of drug-likeness (QED) is 0.510. The Labute approximate surface area is 130 Å². The number of carbonyl (C=O) groups is 1. The first kappa shape index (κ1) is 16.5. The molecule has 0 heterocycles. The maximum absolute atomic E-state index is 13.5. The molecule has 0 saturated carbocycles. The van der Waals surface area contributed by atoms with Gasteiger partial charge in [0.1, 0.15) is 17.7 Å². The molecule has 0 bridgehead atoms. The van der Waals surface area contributed by atoms with Crippen molar-refractivity contribution in [1.82, 2.24) is 0 Å². The zero-order chi connectivity index (χ0) is 17.0. The predicted octanol–water partition coefficient (Wildman–Crippen LogP) is 4.17. The molecule has 0 aliphatic carbocycles. The molecule has 0 aromatic heterocycles. The molecule has 2 aromatic rings. The number of benzene rings is 2. The van der Waals surface area contributed by atoms with Crippen LogP contribution in [0.15, 0.2) is 47.6 Å². The van der Waals surface area contributed by atoms with Gasteiger partial charge in [0, 0.05) is 16.9 Å². The van der Waals surface area contributed by atoms with Crippen molar-refractivity contribution in [2.75, 3.05) is 0 Å². The normalized spacial score (nSPS) is 13.0. The van der Waals surface area contributed by atoms with E-state index in [4.69, 9.17) is 5.53 Å². The summed E-state index contributed by atoms with van der Waals surface area (Å²) < 4.78 is 27.1. The molecule has 0 saturated heterocycles. The van der Waals surface area contributed by atoms with Crippen molar-refractivity contribution < 1.29 is 18.7 Å². The van der Waals surface area contributed by atoms with E-state index in [2.05, 4.69) is 10.0 Å². The number of hydrogen-bond donors (Lipinski definition) is 1. The maximum Gasteiger partial charge on any atom is 0.313 e. The van der Waals surface area contributed by atoms with Gasteiger partial charge in [0.15, 0.2) is 0 Å². The van der Waals surface area contributed by atoms with Crippen LogP contribution in [0.4, 0.5) is 8.78 Å². The van der Waals surface area contributed by atoms with E-state index in [1.807, 2.05) is 6.92 Å². The number of hydrogen-bond acceptors (Lipinski definition) is 2. The van der Waals surface area contributed by atoms with Gasteiger partial charge in [-0.3, -0.25) is 4.79 Å². The highest BCUT2D eigenvalue weighted by molar-refractivity contribution is 5.76. The zero-order valence-corrected chi connectivity index (χ0v) is 12.1. The minimum atomic E-state index is -1.52. The van der Waals surface area contributed by atoms with Crippen molar-refractivity contribution in [3.63, 3.8) is 0 Å². The van der Waals surface area contributed by atoms with Crippen LogP contribution in [-0.2, 0) is 4.79 Å². The molecular formula is C16H13F2N3O2. The predicted molar refractivity (Wildman–Crippen MR) is 79.9 cm³/mol. The summed E-state index contributed by atoms with van der Waals surface area (Å²) in [4.78, 5) is 14.0. The Kier molecular flexibility index (Phi) is 4.93. The first-order chi connectivity index (χ1) is 10.9. The molecule has 2 rings (SSSR count). The molecule has 0 fully saturated rings. The molecule has 7 heteroatoms. The van der Waals surface area contributed by atoms with Crippen LogP contribution in [-0.4, -0.2) is 17.1 Å². The van der Waals surface area contributed by atoms with Crippen molar-refractivity contribution in [2.45, 2.75) is 18.9 Å². The van der Waals surface area contributed by atoms with Gasteiger partial charge < -0.3 is 5.11 Å². The molecule has 0 spiro atoms. The Morgan fingerprint density at radius 3 is 2.17 bits per heavy atom. The van der Waals surface area contributed by atoms with Crippen molar-refractivity contribution in [3.8, 4) is 0 Å². The summed E-state index contributed by atoms with van der Waals surface area (Å²) in [5.41, 5.74) is 10.1. The number of halogens is 2. The van der Waals surface area contributed by atoms with E-state index in [0.29, 0.717) is 11.6 Å². The second-order valence-corrected chi connectivity index (χ2v) is 5.08. The SMILES string of the molecule is Cc1ccc([C@@H](c2cc(F)cc(F)c2)[C@H](N=[N+]=[N-])C(=O)O)cc1. The largest absolute Gasteiger partial charge is 0.481 e. The van der Waals surface area contributed by atoms with E-state index in [1.165, 1.54) is 0 Å². The smallest absolute Gasteiger partial charge is 0.313 e. The summed E-state index contributed by atoms with van der Waals surface area (Å²) >= 11 is 0. The van der Waals surface area contributed by atoms with E-state index >= 15 is 0 Å².